The second-order valence-corrected chi connectivity index (χ2v) is 5.20. The number of aromatic nitrogens is 1. The van der Waals surface area contributed by atoms with E-state index in [9.17, 15) is 10.1 Å². The molecule has 2 aromatic rings. The van der Waals surface area contributed by atoms with Gasteiger partial charge in [0.15, 0.2) is 0 Å². The number of benzene rings is 1. The highest BCUT2D eigenvalue weighted by Crippen LogP contribution is 2.33. The highest BCUT2D eigenvalue weighted by molar-refractivity contribution is 6.37. The van der Waals surface area contributed by atoms with Crippen molar-refractivity contribution in [2.24, 2.45) is 0 Å². The minimum absolute atomic E-state index is 0.0108. The number of nitrogens with one attached hydrogen (secondary N) is 1. The van der Waals surface area contributed by atoms with Gasteiger partial charge < -0.3 is 5.32 Å². The van der Waals surface area contributed by atoms with Crippen LogP contribution in [0.15, 0.2) is 30.3 Å². The Morgan fingerprint density at radius 2 is 2.05 bits per heavy atom. The Kier molecular flexibility index (Phi) is 4.98. The smallest absolute Gasteiger partial charge is 0.270 e. The van der Waals surface area contributed by atoms with Crippen molar-refractivity contribution in [2.45, 2.75) is 13.3 Å². The first-order chi connectivity index (χ1) is 10.0. The van der Waals surface area contributed by atoms with Crippen molar-refractivity contribution in [1.29, 1.82) is 0 Å². The molecule has 0 aliphatic rings. The quantitative estimate of drug-likeness (QED) is 0.634. The SMILES string of the molecule is CCCNc1nc(-c2cccc([N+](=O)[O-])c2)c(Cl)cc1Cl. The lowest BCUT2D eigenvalue weighted by Crippen LogP contribution is -2.03. The molecule has 0 atom stereocenters. The van der Waals surface area contributed by atoms with Crippen molar-refractivity contribution in [2.75, 3.05) is 11.9 Å². The van der Waals surface area contributed by atoms with Gasteiger partial charge in [0.05, 0.1) is 20.7 Å². The summed E-state index contributed by atoms with van der Waals surface area (Å²) in [6, 6.07) is 7.76. The molecule has 1 aromatic carbocycles. The maximum Gasteiger partial charge on any atom is 0.270 e. The van der Waals surface area contributed by atoms with Crippen LogP contribution in [0.3, 0.4) is 0 Å². The van der Waals surface area contributed by atoms with Gasteiger partial charge in [-0.3, -0.25) is 10.1 Å². The highest BCUT2D eigenvalue weighted by atomic mass is 35.5. The van der Waals surface area contributed by atoms with Crippen molar-refractivity contribution in [1.82, 2.24) is 4.98 Å². The van der Waals surface area contributed by atoms with E-state index in [4.69, 9.17) is 23.2 Å². The average molecular weight is 326 g/mol. The highest BCUT2D eigenvalue weighted by Gasteiger charge is 2.14. The first kappa shape index (κ1) is 15.5. The van der Waals surface area contributed by atoms with Gasteiger partial charge in [-0.25, -0.2) is 4.98 Å². The van der Waals surface area contributed by atoms with Crippen LogP contribution in [0.25, 0.3) is 11.3 Å². The molecule has 0 spiro atoms. The third-order valence-electron chi connectivity index (χ3n) is 2.80. The van der Waals surface area contributed by atoms with E-state index in [1.165, 1.54) is 12.1 Å². The molecule has 2 rings (SSSR count). The van der Waals surface area contributed by atoms with Gasteiger partial charge >= 0.3 is 0 Å². The minimum atomic E-state index is -0.455. The zero-order valence-corrected chi connectivity index (χ0v) is 12.8. The summed E-state index contributed by atoms with van der Waals surface area (Å²) in [6.07, 6.45) is 0.923. The summed E-state index contributed by atoms with van der Waals surface area (Å²) in [6.45, 7) is 2.75. The van der Waals surface area contributed by atoms with Crippen molar-refractivity contribution in [3.8, 4) is 11.3 Å². The van der Waals surface area contributed by atoms with E-state index in [2.05, 4.69) is 10.3 Å². The second-order valence-electron chi connectivity index (χ2n) is 4.38. The molecule has 0 aliphatic heterocycles. The topological polar surface area (TPSA) is 68.1 Å². The van der Waals surface area contributed by atoms with Crippen molar-refractivity contribution < 1.29 is 4.92 Å². The molecule has 0 saturated carbocycles. The van der Waals surface area contributed by atoms with Crippen LogP contribution < -0.4 is 5.32 Å². The molecule has 0 radical (unpaired) electrons. The molecule has 0 bridgehead atoms. The Bertz CT molecular complexity index is 677. The lowest BCUT2D eigenvalue weighted by atomic mass is 10.1. The van der Waals surface area contributed by atoms with Crippen molar-refractivity contribution in [3.63, 3.8) is 0 Å². The number of anilines is 1. The fourth-order valence-corrected chi connectivity index (χ4v) is 2.34. The maximum atomic E-state index is 10.9. The molecule has 1 N–H and O–H groups in total. The van der Waals surface area contributed by atoms with Gasteiger partial charge in [-0.05, 0) is 12.5 Å². The van der Waals surface area contributed by atoms with Crippen LogP contribution in [0.2, 0.25) is 10.0 Å². The van der Waals surface area contributed by atoms with Gasteiger partial charge in [-0.1, -0.05) is 42.3 Å². The molecule has 0 aliphatic carbocycles. The molecule has 7 heteroatoms. The monoisotopic (exact) mass is 325 g/mol. The summed E-state index contributed by atoms with van der Waals surface area (Å²) >= 11 is 12.2. The van der Waals surface area contributed by atoms with Crippen LogP contribution in [-0.2, 0) is 0 Å². The van der Waals surface area contributed by atoms with E-state index in [1.807, 2.05) is 6.92 Å². The fourth-order valence-electron chi connectivity index (χ4n) is 1.80. The van der Waals surface area contributed by atoms with Crippen molar-refractivity contribution in [3.05, 3.63) is 50.5 Å². The number of nitro benzene ring substituents is 1. The van der Waals surface area contributed by atoms with Crippen LogP contribution in [-0.4, -0.2) is 16.5 Å². The summed E-state index contributed by atoms with van der Waals surface area (Å²) in [4.78, 5) is 14.8. The third-order valence-corrected chi connectivity index (χ3v) is 3.38. The molecule has 5 nitrogen and oxygen atoms in total. The van der Waals surface area contributed by atoms with Crippen LogP contribution in [0, 0.1) is 10.1 Å². The summed E-state index contributed by atoms with van der Waals surface area (Å²) in [5.74, 6) is 0.518. The van der Waals surface area contributed by atoms with Crippen LogP contribution in [0.5, 0.6) is 0 Å². The Hall–Kier alpha value is -1.85. The maximum absolute atomic E-state index is 10.9. The van der Waals surface area contributed by atoms with Gasteiger partial charge in [0.1, 0.15) is 5.82 Å². The predicted octanol–water partition coefficient (Wildman–Crippen LogP) is 4.79. The van der Waals surface area contributed by atoms with Crippen LogP contribution >= 0.6 is 23.2 Å². The number of nitro groups is 1. The van der Waals surface area contributed by atoms with Crippen molar-refractivity contribution >= 4 is 34.7 Å². The molecule has 0 saturated heterocycles. The van der Waals surface area contributed by atoms with Gasteiger partial charge in [-0.15, -0.1) is 0 Å². The molecule has 110 valence electrons. The van der Waals surface area contributed by atoms with Crippen LogP contribution in [0.4, 0.5) is 11.5 Å². The van der Waals surface area contributed by atoms with Gasteiger partial charge in [0.2, 0.25) is 0 Å². The van der Waals surface area contributed by atoms with E-state index in [-0.39, 0.29) is 5.69 Å². The first-order valence-corrected chi connectivity index (χ1v) is 7.13. The number of non-ortho nitro benzene ring substituents is 1. The van der Waals surface area contributed by atoms with E-state index in [0.717, 1.165) is 13.0 Å². The van der Waals surface area contributed by atoms with Gasteiger partial charge in [-0.2, -0.15) is 0 Å². The summed E-state index contributed by atoms with van der Waals surface area (Å²) in [5, 5.41) is 14.7. The Morgan fingerprint density at radius 1 is 1.29 bits per heavy atom. The number of hydrogen-bond acceptors (Lipinski definition) is 4. The molecule has 0 fully saturated rings. The molecule has 0 unspecified atom stereocenters. The molecular formula is C14H13Cl2N3O2. The molecular weight excluding hydrogens is 313 g/mol. The predicted molar refractivity (Wildman–Crippen MR) is 85.1 cm³/mol. The van der Waals surface area contributed by atoms with E-state index in [1.54, 1.807) is 18.2 Å². The zero-order valence-electron chi connectivity index (χ0n) is 11.3. The Balaban J connectivity index is 2.47. The first-order valence-electron chi connectivity index (χ1n) is 6.37. The number of nitrogens with zero attached hydrogens (tertiary/aromatic N) is 2. The zero-order chi connectivity index (χ0) is 15.4. The Labute approximate surface area is 132 Å². The number of halogens is 2. The molecule has 21 heavy (non-hydrogen) atoms. The fraction of sp³-hybridized carbons (Fsp3) is 0.214. The second kappa shape index (κ2) is 6.74. The molecule has 1 heterocycles. The minimum Gasteiger partial charge on any atom is -0.369 e. The lowest BCUT2D eigenvalue weighted by Gasteiger charge is -2.10. The number of rotatable bonds is 5. The summed E-state index contributed by atoms with van der Waals surface area (Å²) in [7, 11) is 0. The molecule has 1 aromatic heterocycles. The number of hydrogen-bond donors (Lipinski definition) is 1. The van der Waals surface area contributed by atoms with Gasteiger partial charge in [0.25, 0.3) is 5.69 Å². The lowest BCUT2D eigenvalue weighted by molar-refractivity contribution is -0.384. The number of pyridine rings is 1. The average Bonchev–Trinajstić information content (AvgIpc) is 2.46. The molecule has 0 amide bonds. The Morgan fingerprint density at radius 3 is 2.71 bits per heavy atom. The third kappa shape index (κ3) is 3.62. The summed E-state index contributed by atoms with van der Waals surface area (Å²) in [5.41, 5.74) is 1.03. The van der Waals surface area contributed by atoms with Crippen LogP contribution in [0.1, 0.15) is 13.3 Å². The standard InChI is InChI=1S/C14H13Cl2N3O2/c1-2-6-17-14-12(16)8-11(15)13(18-14)9-4-3-5-10(7-9)19(20)21/h3-5,7-8H,2,6H2,1H3,(H,17,18). The van der Waals surface area contributed by atoms with E-state index in [0.29, 0.717) is 27.1 Å². The summed E-state index contributed by atoms with van der Waals surface area (Å²) < 4.78 is 0. The van der Waals surface area contributed by atoms with E-state index >= 15 is 0 Å². The van der Waals surface area contributed by atoms with E-state index < -0.39 is 4.92 Å². The van der Waals surface area contributed by atoms with Gasteiger partial charge in [0, 0.05) is 24.2 Å². The normalized spacial score (nSPS) is 10.4. The largest absolute Gasteiger partial charge is 0.369 e.